The maximum atomic E-state index is 14.2. The highest BCUT2D eigenvalue weighted by atomic mass is 32.2. The van der Waals surface area contributed by atoms with Gasteiger partial charge in [0.25, 0.3) is 5.91 Å². The van der Waals surface area contributed by atoms with Crippen LogP contribution in [0, 0.1) is 6.92 Å². The van der Waals surface area contributed by atoms with Crippen molar-refractivity contribution >= 4 is 35.4 Å². The molecule has 0 fully saturated rings. The molecular weight excluding hydrogens is 526 g/mol. The normalized spacial score (nSPS) is 12.8. The number of para-hydroxylation sites is 1. The van der Waals surface area contributed by atoms with Gasteiger partial charge in [0.15, 0.2) is 0 Å². The lowest BCUT2D eigenvalue weighted by molar-refractivity contribution is -0.141. The van der Waals surface area contributed by atoms with Crippen LogP contribution in [0.1, 0.15) is 77.0 Å². The van der Waals surface area contributed by atoms with Gasteiger partial charge < -0.3 is 25.4 Å². The number of rotatable bonds is 14. The number of carbonyl (C=O) groups excluding carboxylic acids is 3. The van der Waals surface area contributed by atoms with Crippen molar-refractivity contribution in [2.24, 2.45) is 0 Å². The number of amides is 3. The highest BCUT2D eigenvalue weighted by Crippen LogP contribution is 2.28. The second-order valence-electron chi connectivity index (χ2n) is 10.9. The minimum atomic E-state index is -0.980. The molecule has 2 atom stereocenters. The molecule has 2 unspecified atom stereocenters. The van der Waals surface area contributed by atoms with E-state index < -0.39 is 23.8 Å². The molecule has 0 aromatic heterocycles. The van der Waals surface area contributed by atoms with Crippen LogP contribution in [0.15, 0.2) is 48.5 Å². The molecule has 9 heteroatoms. The van der Waals surface area contributed by atoms with E-state index >= 15 is 0 Å². The molecule has 0 radical (unpaired) electrons. The average molecular weight is 572 g/mol. The van der Waals surface area contributed by atoms with Crippen molar-refractivity contribution < 1.29 is 24.2 Å². The lowest BCUT2D eigenvalue weighted by Gasteiger charge is -2.34. The Kier molecular flexibility index (Phi) is 13.3. The van der Waals surface area contributed by atoms with Gasteiger partial charge in [-0.15, -0.1) is 0 Å². The summed E-state index contributed by atoms with van der Waals surface area (Å²) in [5.41, 5.74) is 1.39. The highest BCUT2D eigenvalue weighted by Gasteiger charge is 2.36. The molecule has 3 N–H and O–H groups in total. The van der Waals surface area contributed by atoms with Gasteiger partial charge in [-0.25, -0.2) is 4.79 Å². The van der Waals surface area contributed by atoms with Crippen LogP contribution in [0.2, 0.25) is 0 Å². The molecule has 2 aromatic rings. The second kappa shape index (κ2) is 16.2. The van der Waals surface area contributed by atoms with E-state index in [1.807, 2.05) is 37.4 Å². The molecule has 0 spiro atoms. The summed E-state index contributed by atoms with van der Waals surface area (Å²) in [6, 6.07) is 11.9. The standard InChI is InChI=1S/C31H45N3O5S/c1-7-8-9-12-20-34(29(37)26(19-21-40-6)33-30(38)39-31(3,4)5)27(23-15-17-24(35)18-16-23)28(36)32-25-14-11-10-13-22(25)2/h10-11,13-18,26-27,35H,7-9,12,19-21H2,1-6H3,(H,32,36)(H,33,38). The fourth-order valence-electron chi connectivity index (χ4n) is 4.26. The summed E-state index contributed by atoms with van der Waals surface area (Å²) in [5.74, 6) is -0.0268. The monoisotopic (exact) mass is 571 g/mol. The van der Waals surface area contributed by atoms with Crippen molar-refractivity contribution in [3.05, 3.63) is 59.7 Å². The van der Waals surface area contributed by atoms with E-state index in [4.69, 9.17) is 4.74 Å². The number of ether oxygens (including phenoxy) is 1. The Balaban J connectivity index is 2.51. The zero-order valence-corrected chi connectivity index (χ0v) is 25.5. The number of thioether (sulfide) groups is 1. The Bertz CT molecular complexity index is 1100. The molecular formula is C31H45N3O5S. The Morgan fingerprint density at radius 2 is 1.70 bits per heavy atom. The molecule has 0 heterocycles. The van der Waals surface area contributed by atoms with Gasteiger partial charge in [-0.2, -0.15) is 11.8 Å². The lowest BCUT2D eigenvalue weighted by Crippen LogP contribution is -2.52. The summed E-state index contributed by atoms with van der Waals surface area (Å²) in [4.78, 5) is 42.5. The van der Waals surface area contributed by atoms with Gasteiger partial charge >= 0.3 is 6.09 Å². The van der Waals surface area contributed by atoms with Crippen molar-refractivity contribution in [3.8, 4) is 5.75 Å². The number of hydrogen-bond acceptors (Lipinski definition) is 6. The third-order valence-corrected chi connectivity index (χ3v) is 6.95. The Hall–Kier alpha value is -3.20. The third kappa shape index (κ3) is 10.8. The first-order valence-electron chi connectivity index (χ1n) is 13.9. The van der Waals surface area contributed by atoms with Crippen LogP contribution in [0.4, 0.5) is 10.5 Å². The number of phenolic OH excluding ortho intramolecular Hbond substituents is 1. The van der Waals surface area contributed by atoms with E-state index in [0.29, 0.717) is 36.4 Å². The number of alkyl carbamates (subject to hydrolysis) is 1. The SMILES string of the molecule is CCCCCCN(C(=O)C(CCSC)NC(=O)OC(C)(C)C)C(C(=O)Nc1ccccc1C)c1ccc(O)cc1. The number of anilines is 1. The number of hydrogen-bond donors (Lipinski definition) is 3. The van der Waals surface area contributed by atoms with Crippen molar-refractivity contribution in [2.45, 2.75) is 84.4 Å². The molecule has 0 bridgehead atoms. The molecule has 0 saturated carbocycles. The van der Waals surface area contributed by atoms with Crippen LogP contribution in [-0.4, -0.2) is 58.1 Å². The summed E-state index contributed by atoms with van der Waals surface area (Å²) >= 11 is 1.57. The smallest absolute Gasteiger partial charge is 0.408 e. The molecule has 0 saturated heterocycles. The molecule has 0 aliphatic carbocycles. The van der Waals surface area contributed by atoms with Crippen LogP contribution in [0.3, 0.4) is 0 Å². The predicted octanol–water partition coefficient (Wildman–Crippen LogP) is 6.44. The van der Waals surface area contributed by atoms with Gasteiger partial charge in [-0.1, -0.05) is 56.5 Å². The quantitative estimate of drug-likeness (QED) is 0.225. The summed E-state index contributed by atoms with van der Waals surface area (Å²) in [6.07, 6.45) is 5.28. The maximum absolute atomic E-state index is 14.2. The molecule has 40 heavy (non-hydrogen) atoms. The Labute approximate surface area is 243 Å². The molecule has 0 aliphatic rings. The van der Waals surface area contributed by atoms with Gasteiger partial charge in [0, 0.05) is 12.2 Å². The molecule has 8 nitrogen and oxygen atoms in total. The minimum Gasteiger partial charge on any atom is -0.508 e. The van der Waals surface area contributed by atoms with Gasteiger partial charge in [0.2, 0.25) is 5.91 Å². The van der Waals surface area contributed by atoms with E-state index in [0.717, 1.165) is 24.8 Å². The van der Waals surface area contributed by atoms with Gasteiger partial charge in [-0.3, -0.25) is 9.59 Å². The van der Waals surface area contributed by atoms with Crippen LogP contribution < -0.4 is 10.6 Å². The first kappa shape index (κ1) is 33.0. The van der Waals surface area contributed by atoms with Crippen LogP contribution in [0.5, 0.6) is 5.75 Å². The van der Waals surface area contributed by atoms with Crippen LogP contribution in [-0.2, 0) is 14.3 Å². The summed E-state index contributed by atoms with van der Waals surface area (Å²) in [7, 11) is 0. The topological polar surface area (TPSA) is 108 Å². The molecule has 2 aromatic carbocycles. The third-order valence-electron chi connectivity index (χ3n) is 6.31. The van der Waals surface area contributed by atoms with E-state index in [1.165, 1.54) is 12.1 Å². The molecule has 220 valence electrons. The van der Waals surface area contributed by atoms with Crippen molar-refractivity contribution in [3.63, 3.8) is 0 Å². The number of nitrogens with one attached hydrogen (secondary N) is 2. The largest absolute Gasteiger partial charge is 0.508 e. The molecule has 3 amide bonds. The van der Waals surface area contributed by atoms with Crippen molar-refractivity contribution in [2.75, 3.05) is 23.9 Å². The summed E-state index contributed by atoms with van der Waals surface area (Å²) < 4.78 is 5.45. The first-order valence-corrected chi connectivity index (χ1v) is 15.3. The number of aryl methyl sites for hydroxylation is 1. The van der Waals surface area contributed by atoms with Crippen molar-refractivity contribution in [1.29, 1.82) is 0 Å². The fourth-order valence-corrected chi connectivity index (χ4v) is 4.73. The number of carbonyl (C=O) groups is 3. The number of phenols is 1. The molecule has 2 rings (SSSR count). The Morgan fingerprint density at radius 3 is 2.30 bits per heavy atom. The van der Waals surface area contributed by atoms with E-state index in [9.17, 15) is 19.5 Å². The van der Waals surface area contributed by atoms with E-state index in [1.54, 1.807) is 49.6 Å². The van der Waals surface area contributed by atoms with Gasteiger partial charge in [0.1, 0.15) is 23.4 Å². The zero-order chi connectivity index (χ0) is 29.7. The average Bonchev–Trinajstić information content (AvgIpc) is 2.89. The first-order chi connectivity index (χ1) is 19.0. The van der Waals surface area contributed by atoms with Crippen molar-refractivity contribution in [1.82, 2.24) is 10.2 Å². The fraction of sp³-hybridized carbons (Fsp3) is 0.516. The Morgan fingerprint density at radius 1 is 1.02 bits per heavy atom. The summed E-state index contributed by atoms with van der Waals surface area (Å²) in [6.45, 7) is 9.65. The van der Waals surface area contributed by atoms with Crippen LogP contribution >= 0.6 is 11.8 Å². The lowest BCUT2D eigenvalue weighted by atomic mass is 10.0. The minimum absolute atomic E-state index is 0.0621. The second-order valence-corrected chi connectivity index (χ2v) is 11.9. The van der Waals surface area contributed by atoms with E-state index in [-0.39, 0.29) is 17.6 Å². The maximum Gasteiger partial charge on any atom is 0.408 e. The van der Waals surface area contributed by atoms with Crippen LogP contribution in [0.25, 0.3) is 0 Å². The predicted molar refractivity (Wildman–Crippen MR) is 163 cm³/mol. The van der Waals surface area contributed by atoms with Gasteiger partial charge in [-0.05, 0) is 81.9 Å². The highest BCUT2D eigenvalue weighted by molar-refractivity contribution is 7.98. The zero-order valence-electron chi connectivity index (χ0n) is 24.7. The summed E-state index contributed by atoms with van der Waals surface area (Å²) in [5, 5.41) is 15.7. The number of nitrogens with zero attached hydrogens (tertiary/aromatic N) is 1. The van der Waals surface area contributed by atoms with Gasteiger partial charge in [0.05, 0.1) is 0 Å². The molecule has 0 aliphatic heterocycles. The van der Waals surface area contributed by atoms with E-state index in [2.05, 4.69) is 17.6 Å². The number of aromatic hydroxyl groups is 1. The number of benzene rings is 2. The number of unbranched alkanes of at least 4 members (excludes halogenated alkanes) is 3.